The third-order valence-electron chi connectivity index (χ3n) is 5.15. The molecule has 0 saturated carbocycles. The first-order valence-electron chi connectivity index (χ1n) is 9.31. The number of benzene rings is 2. The summed E-state index contributed by atoms with van der Waals surface area (Å²) in [5, 5.41) is 5.37. The maximum absolute atomic E-state index is 13.0. The molecule has 3 aromatic rings. The molecule has 28 heavy (non-hydrogen) atoms. The first kappa shape index (κ1) is 18.4. The van der Waals surface area contributed by atoms with Crippen LogP contribution in [-0.2, 0) is 4.79 Å². The molecule has 1 aliphatic rings. The Kier molecular flexibility index (Phi) is 5.26. The molecule has 6 heteroatoms. The van der Waals surface area contributed by atoms with E-state index in [4.69, 9.17) is 11.6 Å². The first-order valence-corrected chi connectivity index (χ1v) is 9.69. The second-order valence-electron chi connectivity index (χ2n) is 6.94. The topological polar surface area (TPSA) is 62.3 Å². The molecule has 2 heterocycles. The Balaban J connectivity index is 1.40. The number of rotatable bonds is 3. The van der Waals surface area contributed by atoms with E-state index in [1.807, 2.05) is 47.4 Å². The number of fused-ring (bicyclic) bond motifs is 1. The average molecular weight is 394 g/mol. The number of nitrogens with zero attached hydrogens (tertiary/aromatic N) is 2. The van der Waals surface area contributed by atoms with Crippen LogP contribution < -0.4 is 5.32 Å². The van der Waals surface area contributed by atoms with E-state index in [0.29, 0.717) is 42.3 Å². The Morgan fingerprint density at radius 2 is 1.75 bits per heavy atom. The van der Waals surface area contributed by atoms with Crippen molar-refractivity contribution < 1.29 is 9.59 Å². The summed E-state index contributed by atoms with van der Waals surface area (Å²) < 4.78 is 0. The largest absolute Gasteiger partial charge is 0.339 e. The number of aromatic nitrogens is 1. The molecule has 4 rings (SSSR count). The number of amides is 2. The Bertz CT molecular complexity index is 1010. The van der Waals surface area contributed by atoms with Crippen LogP contribution >= 0.6 is 11.6 Å². The number of nitrogens with one attached hydrogen (secondary N) is 1. The highest BCUT2D eigenvalue weighted by atomic mass is 35.5. The van der Waals surface area contributed by atoms with E-state index in [9.17, 15) is 9.59 Å². The summed E-state index contributed by atoms with van der Waals surface area (Å²) in [5.41, 5.74) is 0.714. The van der Waals surface area contributed by atoms with Gasteiger partial charge in [0.1, 0.15) is 5.82 Å². The highest BCUT2D eigenvalue weighted by Crippen LogP contribution is 2.24. The lowest BCUT2D eigenvalue weighted by molar-refractivity contribution is -0.121. The number of halogens is 1. The number of piperidine rings is 1. The van der Waals surface area contributed by atoms with E-state index in [2.05, 4.69) is 10.3 Å². The van der Waals surface area contributed by atoms with Crippen molar-refractivity contribution in [1.29, 1.82) is 0 Å². The molecule has 142 valence electrons. The van der Waals surface area contributed by atoms with Gasteiger partial charge in [-0.15, -0.1) is 0 Å². The molecule has 1 aromatic heterocycles. The standard InChI is InChI=1S/C22H20ClN3O2/c23-17-8-9-20(24-14-17)25-21(27)16-10-12-26(13-11-16)22(28)19-7-3-5-15-4-1-2-6-18(15)19/h1-9,14,16H,10-13H2,(H,24,25,27). The molecular formula is C22H20ClN3O2. The van der Waals surface area contributed by atoms with E-state index >= 15 is 0 Å². The van der Waals surface area contributed by atoms with Crippen molar-refractivity contribution in [2.75, 3.05) is 18.4 Å². The van der Waals surface area contributed by atoms with Crippen LogP contribution in [-0.4, -0.2) is 34.8 Å². The molecule has 5 nitrogen and oxygen atoms in total. The minimum atomic E-state index is -0.131. The van der Waals surface area contributed by atoms with Crippen LogP contribution in [0.5, 0.6) is 0 Å². The minimum Gasteiger partial charge on any atom is -0.339 e. The van der Waals surface area contributed by atoms with Crippen molar-refractivity contribution in [3.63, 3.8) is 0 Å². The predicted molar refractivity (Wildman–Crippen MR) is 110 cm³/mol. The third-order valence-corrected chi connectivity index (χ3v) is 5.38. The quantitative estimate of drug-likeness (QED) is 0.718. The zero-order valence-corrected chi connectivity index (χ0v) is 16.0. The van der Waals surface area contributed by atoms with Gasteiger partial charge in [0.25, 0.3) is 5.91 Å². The van der Waals surface area contributed by atoms with Crippen LogP contribution in [0, 0.1) is 5.92 Å². The van der Waals surface area contributed by atoms with Crippen molar-refractivity contribution in [2.24, 2.45) is 5.92 Å². The van der Waals surface area contributed by atoms with Crippen molar-refractivity contribution in [1.82, 2.24) is 9.88 Å². The Morgan fingerprint density at radius 3 is 2.50 bits per heavy atom. The lowest BCUT2D eigenvalue weighted by Crippen LogP contribution is -2.41. The van der Waals surface area contributed by atoms with E-state index in [-0.39, 0.29) is 17.7 Å². The van der Waals surface area contributed by atoms with Gasteiger partial charge in [-0.1, -0.05) is 48.0 Å². The van der Waals surface area contributed by atoms with Gasteiger partial charge in [0.05, 0.1) is 5.02 Å². The van der Waals surface area contributed by atoms with Gasteiger partial charge in [-0.25, -0.2) is 4.98 Å². The summed E-state index contributed by atoms with van der Waals surface area (Å²) >= 11 is 5.82. The second-order valence-corrected chi connectivity index (χ2v) is 7.38. The number of carbonyl (C=O) groups is 2. The number of hydrogen-bond donors (Lipinski definition) is 1. The van der Waals surface area contributed by atoms with E-state index in [1.54, 1.807) is 12.1 Å². The van der Waals surface area contributed by atoms with E-state index in [1.165, 1.54) is 6.20 Å². The highest BCUT2D eigenvalue weighted by molar-refractivity contribution is 6.30. The molecule has 0 radical (unpaired) electrons. The summed E-state index contributed by atoms with van der Waals surface area (Å²) in [4.78, 5) is 31.4. The van der Waals surface area contributed by atoms with Crippen molar-refractivity contribution in [3.05, 3.63) is 71.4 Å². The van der Waals surface area contributed by atoms with Crippen LogP contribution in [0.4, 0.5) is 5.82 Å². The molecule has 0 atom stereocenters. The first-order chi connectivity index (χ1) is 13.6. The SMILES string of the molecule is O=C(Nc1ccc(Cl)cn1)C1CCN(C(=O)c2cccc3ccccc23)CC1. The molecular weight excluding hydrogens is 374 g/mol. The van der Waals surface area contributed by atoms with Gasteiger partial charge in [-0.2, -0.15) is 0 Å². The number of pyridine rings is 1. The molecule has 0 spiro atoms. The summed E-state index contributed by atoms with van der Waals surface area (Å²) in [6.07, 6.45) is 2.77. The van der Waals surface area contributed by atoms with Gasteiger partial charge in [0.15, 0.2) is 0 Å². The van der Waals surface area contributed by atoms with Crippen LogP contribution in [0.1, 0.15) is 23.2 Å². The molecule has 2 amide bonds. The predicted octanol–water partition coefficient (Wildman–Crippen LogP) is 4.38. The van der Waals surface area contributed by atoms with Crippen LogP contribution in [0.2, 0.25) is 5.02 Å². The molecule has 0 aliphatic carbocycles. The average Bonchev–Trinajstić information content (AvgIpc) is 2.74. The maximum Gasteiger partial charge on any atom is 0.254 e. The Morgan fingerprint density at radius 1 is 1.00 bits per heavy atom. The van der Waals surface area contributed by atoms with Gasteiger partial charge < -0.3 is 10.2 Å². The summed E-state index contributed by atoms with van der Waals surface area (Å²) in [5.74, 6) is 0.319. The Labute approximate surface area is 168 Å². The van der Waals surface area contributed by atoms with Crippen LogP contribution in [0.25, 0.3) is 10.8 Å². The van der Waals surface area contributed by atoms with Crippen molar-refractivity contribution in [2.45, 2.75) is 12.8 Å². The number of hydrogen-bond acceptors (Lipinski definition) is 3. The number of carbonyl (C=O) groups excluding carboxylic acids is 2. The fraction of sp³-hybridized carbons (Fsp3) is 0.227. The molecule has 0 bridgehead atoms. The number of likely N-dealkylation sites (tertiary alicyclic amines) is 1. The zero-order chi connectivity index (χ0) is 19.5. The molecule has 1 aliphatic heterocycles. The minimum absolute atomic E-state index is 0.0232. The van der Waals surface area contributed by atoms with Gasteiger partial charge in [0, 0.05) is 30.8 Å². The third kappa shape index (κ3) is 3.85. The van der Waals surface area contributed by atoms with Crippen LogP contribution in [0.15, 0.2) is 60.8 Å². The van der Waals surface area contributed by atoms with Gasteiger partial charge in [0.2, 0.25) is 5.91 Å². The lowest BCUT2D eigenvalue weighted by Gasteiger charge is -2.31. The molecule has 2 aromatic carbocycles. The zero-order valence-electron chi connectivity index (χ0n) is 15.3. The maximum atomic E-state index is 13.0. The molecule has 1 fully saturated rings. The molecule has 1 saturated heterocycles. The Hall–Kier alpha value is -2.92. The van der Waals surface area contributed by atoms with E-state index < -0.39 is 0 Å². The van der Waals surface area contributed by atoms with Gasteiger partial charge in [-0.3, -0.25) is 9.59 Å². The van der Waals surface area contributed by atoms with Gasteiger partial charge >= 0.3 is 0 Å². The van der Waals surface area contributed by atoms with Crippen LogP contribution in [0.3, 0.4) is 0 Å². The summed E-state index contributed by atoms with van der Waals surface area (Å²) in [6.45, 7) is 1.13. The highest BCUT2D eigenvalue weighted by Gasteiger charge is 2.28. The van der Waals surface area contributed by atoms with E-state index in [0.717, 1.165) is 10.8 Å². The monoisotopic (exact) mass is 393 g/mol. The van der Waals surface area contributed by atoms with Crippen molar-refractivity contribution >= 4 is 40.0 Å². The smallest absolute Gasteiger partial charge is 0.254 e. The number of anilines is 1. The normalized spacial score (nSPS) is 14.8. The summed E-state index contributed by atoms with van der Waals surface area (Å²) in [6, 6.07) is 17.1. The summed E-state index contributed by atoms with van der Waals surface area (Å²) in [7, 11) is 0. The fourth-order valence-corrected chi connectivity index (χ4v) is 3.72. The lowest BCUT2D eigenvalue weighted by atomic mass is 9.95. The van der Waals surface area contributed by atoms with Gasteiger partial charge in [-0.05, 0) is 41.8 Å². The van der Waals surface area contributed by atoms with Crippen molar-refractivity contribution in [3.8, 4) is 0 Å². The molecule has 0 unspecified atom stereocenters. The fourth-order valence-electron chi connectivity index (χ4n) is 3.61. The molecule has 1 N–H and O–H groups in total. The second kappa shape index (κ2) is 7.98.